The van der Waals surface area contributed by atoms with Gasteiger partial charge in [-0.2, -0.15) is 0 Å². The summed E-state index contributed by atoms with van der Waals surface area (Å²) in [5, 5.41) is 0. The maximum atomic E-state index is 11.2. The van der Waals surface area contributed by atoms with Gasteiger partial charge in [-0.1, -0.05) is 6.42 Å². The first-order chi connectivity index (χ1) is 8.33. The van der Waals surface area contributed by atoms with Crippen molar-refractivity contribution in [1.29, 1.82) is 0 Å². The molecule has 1 saturated carbocycles. The number of ether oxygens (including phenoxy) is 1. The summed E-state index contributed by atoms with van der Waals surface area (Å²) in [5.41, 5.74) is 0.202. The van der Waals surface area contributed by atoms with E-state index in [4.69, 9.17) is 4.74 Å². The summed E-state index contributed by atoms with van der Waals surface area (Å²) in [5.74, 6) is 0. The second kappa shape index (κ2) is 4.69. The fraction of sp³-hybridized carbons (Fsp3) is 0.929. The lowest BCUT2D eigenvalue weighted by atomic mass is 9.73. The Morgan fingerprint density at radius 3 is 2.76 bits per heavy atom. The van der Waals surface area contributed by atoms with Gasteiger partial charge in [-0.3, -0.25) is 4.90 Å². The number of aldehydes is 1. The molecular weight excluding hydrogens is 214 g/mol. The van der Waals surface area contributed by atoms with Gasteiger partial charge in [-0.25, -0.2) is 0 Å². The molecular formula is C14H23NO2. The van der Waals surface area contributed by atoms with Crippen LogP contribution in [0.25, 0.3) is 0 Å². The second-order valence-corrected chi connectivity index (χ2v) is 5.97. The normalized spacial score (nSPS) is 37.6. The molecule has 0 aromatic carbocycles. The molecule has 1 spiro atoms. The molecule has 0 radical (unpaired) electrons. The van der Waals surface area contributed by atoms with Crippen molar-refractivity contribution >= 4 is 6.29 Å². The van der Waals surface area contributed by atoms with Crippen molar-refractivity contribution in [3.63, 3.8) is 0 Å². The number of nitrogens with zero attached hydrogens (tertiary/aromatic N) is 1. The summed E-state index contributed by atoms with van der Waals surface area (Å²) in [6.07, 6.45) is 10.8. The van der Waals surface area contributed by atoms with E-state index in [1.165, 1.54) is 38.4 Å². The Morgan fingerprint density at radius 1 is 1.18 bits per heavy atom. The molecule has 96 valence electrons. The topological polar surface area (TPSA) is 29.5 Å². The largest absolute Gasteiger partial charge is 0.375 e. The lowest BCUT2D eigenvalue weighted by Gasteiger charge is -2.51. The van der Waals surface area contributed by atoms with Crippen LogP contribution in [0.5, 0.6) is 0 Å². The highest BCUT2D eigenvalue weighted by Crippen LogP contribution is 2.44. The van der Waals surface area contributed by atoms with Crippen molar-refractivity contribution in [2.45, 2.75) is 69.1 Å². The van der Waals surface area contributed by atoms with Gasteiger partial charge in [-0.15, -0.1) is 0 Å². The van der Waals surface area contributed by atoms with Gasteiger partial charge >= 0.3 is 0 Å². The van der Waals surface area contributed by atoms with Crippen LogP contribution in [0.4, 0.5) is 0 Å². The summed E-state index contributed by atoms with van der Waals surface area (Å²) in [6.45, 7) is 2.01. The van der Waals surface area contributed by atoms with Gasteiger partial charge in [0.2, 0.25) is 0 Å². The van der Waals surface area contributed by atoms with Crippen molar-refractivity contribution in [2.75, 3.05) is 13.2 Å². The summed E-state index contributed by atoms with van der Waals surface area (Å²) in [7, 11) is 0. The minimum atomic E-state index is 0.184. The molecule has 0 aromatic heterocycles. The SMILES string of the molecule is O=CC1CCCCN1C1CCOC2(CCC2)C1. The van der Waals surface area contributed by atoms with Crippen LogP contribution in [0.1, 0.15) is 51.4 Å². The van der Waals surface area contributed by atoms with Crippen molar-refractivity contribution in [3.8, 4) is 0 Å². The number of carbonyl (C=O) groups is 1. The van der Waals surface area contributed by atoms with Crippen LogP contribution >= 0.6 is 0 Å². The molecule has 3 rings (SSSR count). The summed E-state index contributed by atoms with van der Waals surface area (Å²) < 4.78 is 5.98. The quantitative estimate of drug-likeness (QED) is 0.689. The van der Waals surface area contributed by atoms with Crippen LogP contribution in [0.2, 0.25) is 0 Å². The zero-order chi connectivity index (χ0) is 11.7. The summed E-state index contributed by atoms with van der Waals surface area (Å²) in [6, 6.07) is 0.781. The number of hydrogen-bond donors (Lipinski definition) is 0. The number of hydrogen-bond acceptors (Lipinski definition) is 3. The molecule has 0 N–H and O–H groups in total. The van der Waals surface area contributed by atoms with E-state index in [2.05, 4.69) is 4.90 Å². The van der Waals surface area contributed by atoms with Gasteiger partial charge in [0.15, 0.2) is 0 Å². The standard InChI is InChI=1S/C14H23NO2/c16-11-13-4-1-2-8-15(13)12-5-9-17-14(10-12)6-3-7-14/h11-13H,1-10H2. The Bertz CT molecular complexity index is 288. The van der Waals surface area contributed by atoms with Gasteiger partial charge in [-0.05, 0) is 51.5 Å². The molecule has 0 bridgehead atoms. The summed E-state index contributed by atoms with van der Waals surface area (Å²) >= 11 is 0. The number of carbonyl (C=O) groups excluding carboxylic acids is 1. The number of likely N-dealkylation sites (tertiary alicyclic amines) is 1. The van der Waals surface area contributed by atoms with E-state index in [0.717, 1.165) is 32.4 Å². The molecule has 2 unspecified atom stereocenters. The van der Waals surface area contributed by atoms with Gasteiger partial charge < -0.3 is 9.53 Å². The fourth-order valence-corrected chi connectivity index (χ4v) is 3.78. The first-order valence-corrected chi connectivity index (χ1v) is 7.18. The highest BCUT2D eigenvalue weighted by atomic mass is 16.5. The van der Waals surface area contributed by atoms with E-state index >= 15 is 0 Å². The molecule has 0 aromatic rings. The molecule has 2 heterocycles. The maximum Gasteiger partial charge on any atom is 0.137 e. The first-order valence-electron chi connectivity index (χ1n) is 7.18. The molecule has 3 heteroatoms. The van der Waals surface area contributed by atoms with Crippen LogP contribution in [0, 0.1) is 0 Å². The van der Waals surface area contributed by atoms with Crippen LogP contribution in [-0.4, -0.2) is 42.0 Å². The van der Waals surface area contributed by atoms with E-state index in [-0.39, 0.29) is 11.6 Å². The van der Waals surface area contributed by atoms with E-state index in [9.17, 15) is 4.79 Å². The molecule has 2 aliphatic heterocycles. The predicted molar refractivity (Wildman–Crippen MR) is 66.0 cm³/mol. The zero-order valence-corrected chi connectivity index (χ0v) is 10.6. The smallest absolute Gasteiger partial charge is 0.137 e. The lowest BCUT2D eigenvalue weighted by molar-refractivity contribution is -0.155. The van der Waals surface area contributed by atoms with Gasteiger partial charge in [0.05, 0.1) is 11.6 Å². The Morgan fingerprint density at radius 2 is 2.06 bits per heavy atom. The van der Waals surface area contributed by atoms with Crippen LogP contribution < -0.4 is 0 Å². The second-order valence-electron chi connectivity index (χ2n) is 5.97. The molecule has 17 heavy (non-hydrogen) atoms. The van der Waals surface area contributed by atoms with Gasteiger partial charge in [0.1, 0.15) is 6.29 Å². The Labute approximate surface area is 104 Å². The monoisotopic (exact) mass is 237 g/mol. The molecule has 2 saturated heterocycles. The molecule has 3 nitrogen and oxygen atoms in total. The average Bonchev–Trinajstić information content (AvgIpc) is 2.37. The molecule has 3 aliphatic rings. The molecule has 1 aliphatic carbocycles. The van der Waals surface area contributed by atoms with Crippen molar-refractivity contribution < 1.29 is 9.53 Å². The van der Waals surface area contributed by atoms with E-state index in [1.54, 1.807) is 0 Å². The average molecular weight is 237 g/mol. The highest BCUT2D eigenvalue weighted by Gasteiger charge is 2.44. The third-order valence-electron chi connectivity index (χ3n) is 4.95. The predicted octanol–water partition coefficient (Wildman–Crippen LogP) is 2.14. The highest BCUT2D eigenvalue weighted by molar-refractivity contribution is 5.57. The zero-order valence-electron chi connectivity index (χ0n) is 10.6. The van der Waals surface area contributed by atoms with E-state index < -0.39 is 0 Å². The van der Waals surface area contributed by atoms with Gasteiger partial charge in [0.25, 0.3) is 0 Å². The van der Waals surface area contributed by atoms with Crippen LogP contribution in [0.15, 0.2) is 0 Å². The van der Waals surface area contributed by atoms with E-state index in [0.29, 0.717) is 6.04 Å². The molecule has 3 fully saturated rings. The van der Waals surface area contributed by atoms with E-state index in [1.807, 2.05) is 0 Å². The van der Waals surface area contributed by atoms with Crippen LogP contribution in [-0.2, 0) is 9.53 Å². The maximum absolute atomic E-state index is 11.2. The van der Waals surface area contributed by atoms with Crippen molar-refractivity contribution in [1.82, 2.24) is 4.90 Å². The Balaban J connectivity index is 1.67. The molecule has 2 atom stereocenters. The number of rotatable bonds is 2. The fourth-order valence-electron chi connectivity index (χ4n) is 3.78. The lowest BCUT2D eigenvalue weighted by Crippen LogP contribution is -2.55. The number of piperidine rings is 1. The van der Waals surface area contributed by atoms with Gasteiger partial charge in [0, 0.05) is 12.6 Å². The van der Waals surface area contributed by atoms with Crippen molar-refractivity contribution in [3.05, 3.63) is 0 Å². The Kier molecular flexibility index (Phi) is 3.22. The van der Waals surface area contributed by atoms with Crippen molar-refractivity contribution in [2.24, 2.45) is 0 Å². The Hall–Kier alpha value is -0.410. The molecule has 0 amide bonds. The minimum absolute atomic E-state index is 0.184. The third-order valence-corrected chi connectivity index (χ3v) is 4.95. The first kappa shape index (κ1) is 11.7. The third kappa shape index (κ3) is 2.15. The van der Waals surface area contributed by atoms with Crippen LogP contribution in [0.3, 0.4) is 0 Å². The minimum Gasteiger partial charge on any atom is -0.375 e. The summed E-state index contributed by atoms with van der Waals surface area (Å²) in [4.78, 5) is 13.7.